The Kier molecular flexibility index (Phi) is 4.51. The molecule has 0 N–H and O–H groups in total. The molecule has 1 heterocycles. The lowest BCUT2D eigenvalue weighted by Gasteiger charge is -2.51. The van der Waals surface area contributed by atoms with Gasteiger partial charge in [-0.2, -0.15) is 0 Å². The first-order valence-corrected chi connectivity index (χ1v) is 7.08. The van der Waals surface area contributed by atoms with E-state index in [1.807, 2.05) is 44.2 Å². The Labute approximate surface area is 125 Å². The third-order valence-corrected chi connectivity index (χ3v) is 3.67. The SMILES string of the molecule is C=CCN1C(=O)[C@@H](OCc2ccccc2)[C@H]1C(C)(C)Cl. The Morgan fingerprint density at radius 3 is 2.60 bits per heavy atom. The lowest BCUT2D eigenvalue weighted by Crippen LogP contribution is -2.71. The smallest absolute Gasteiger partial charge is 0.254 e. The van der Waals surface area contributed by atoms with Crippen molar-refractivity contribution in [2.75, 3.05) is 6.54 Å². The molecule has 1 aliphatic heterocycles. The quantitative estimate of drug-likeness (QED) is 0.458. The van der Waals surface area contributed by atoms with Crippen molar-refractivity contribution in [3.05, 3.63) is 48.6 Å². The summed E-state index contributed by atoms with van der Waals surface area (Å²) < 4.78 is 5.78. The molecule has 20 heavy (non-hydrogen) atoms. The van der Waals surface area contributed by atoms with Crippen LogP contribution in [0.5, 0.6) is 0 Å². The topological polar surface area (TPSA) is 29.5 Å². The van der Waals surface area contributed by atoms with Crippen molar-refractivity contribution < 1.29 is 9.53 Å². The average Bonchev–Trinajstić information content (AvgIpc) is 2.40. The normalized spacial score (nSPS) is 22.6. The first-order valence-electron chi connectivity index (χ1n) is 6.71. The van der Waals surface area contributed by atoms with Crippen molar-refractivity contribution in [3.8, 4) is 0 Å². The second-order valence-corrected chi connectivity index (χ2v) is 6.48. The second kappa shape index (κ2) is 5.98. The van der Waals surface area contributed by atoms with Crippen LogP contribution in [-0.4, -0.2) is 34.4 Å². The van der Waals surface area contributed by atoms with E-state index >= 15 is 0 Å². The van der Waals surface area contributed by atoms with Gasteiger partial charge < -0.3 is 9.64 Å². The predicted molar refractivity (Wildman–Crippen MR) is 80.6 cm³/mol. The maximum absolute atomic E-state index is 12.1. The van der Waals surface area contributed by atoms with Crippen molar-refractivity contribution in [3.63, 3.8) is 0 Å². The predicted octanol–water partition coefficient (Wildman–Crippen LogP) is 2.99. The molecule has 0 aromatic heterocycles. The fourth-order valence-electron chi connectivity index (χ4n) is 2.51. The summed E-state index contributed by atoms with van der Waals surface area (Å²) in [5.41, 5.74) is 1.05. The van der Waals surface area contributed by atoms with E-state index in [2.05, 4.69) is 6.58 Å². The third kappa shape index (κ3) is 3.05. The summed E-state index contributed by atoms with van der Waals surface area (Å²) in [4.78, 5) is 13.3. The van der Waals surface area contributed by atoms with Gasteiger partial charge in [-0.15, -0.1) is 18.2 Å². The molecule has 1 aliphatic rings. The van der Waals surface area contributed by atoms with Gasteiger partial charge in [0.2, 0.25) is 0 Å². The number of carbonyl (C=O) groups excluding carboxylic acids is 1. The van der Waals surface area contributed by atoms with Gasteiger partial charge in [0.25, 0.3) is 5.91 Å². The van der Waals surface area contributed by atoms with Gasteiger partial charge in [0, 0.05) is 6.54 Å². The second-order valence-electron chi connectivity index (χ2n) is 5.51. The van der Waals surface area contributed by atoms with Gasteiger partial charge in [0.1, 0.15) is 0 Å². The van der Waals surface area contributed by atoms with Gasteiger partial charge in [-0.1, -0.05) is 36.4 Å². The van der Waals surface area contributed by atoms with Crippen LogP contribution in [0.4, 0.5) is 0 Å². The number of hydrogen-bond donors (Lipinski definition) is 0. The maximum Gasteiger partial charge on any atom is 0.254 e. The Bertz CT molecular complexity index is 481. The highest BCUT2D eigenvalue weighted by molar-refractivity contribution is 6.24. The maximum atomic E-state index is 12.1. The summed E-state index contributed by atoms with van der Waals surface area (Å²) in [6.07, 6.45) is 1.24. The van der Waals surface area contributed by atoms with Crippen LogP contribution >= 0.6 is 11.6 Å². The number of carbonyl (C=O) groups is 1. The van der Waals surface area contributed by atoms with E-state index < -0.39 is 11.0 Å². The summed E-state index contributed by atoms with van der Waals surface area (Å²) in [5.74, 6) is -0.0143. The molecule has 0 bridgehead atoms. The first-order chi connectivity index (χ1) is 9.45. The minimum absolute atomic E-state index is 0.0143. The van der Waals surface area contributed by atoms with Crippen LogP contribution in [0.15, 0.2) is 43.0 Å². The molecule has 1 fully saturated rings. The fourth-order valence-corrected chi connectivity index (χ4v) is 2.74. The molecule has 1 aromatic carbocycles. The zero-order valence-electron chi connectivity index (χ0n) is 11.9. The number of alkyl halides is 1. The zero-order valence-corrected chi connectivity index (χ0v) is 12.6. The lowest BCUT2D eigenvalue weighted by atomic mass is 9.87. The Morgan fingerprint density at radius 1 is 1.40 bits per heavy atom. The van der Waals surface area contributed by atoms with Gasteiger partial charge in [-0.3, -0.25) is 4.79 Å². The highest BCUT2D eigenvalue weighted by atomic mass is 35.5. The molecule has 108 valence electrons. The molecule has 0 saturated carbocycles. The molecule has 1 amide bonds. The third-order valence-electron chi connectivity index (χ3n) is 3.45. The van der Waals surface area contributed by atoms with Gasteiger partial charge in [-0.25, -0.2) is 0 Å². The fraction of sp³-hybridized carbons (Fsp3) is 0.438. The largest absolute Gasteiger partial charge is 0.361 e. The van der Waals surface area contributed by atoms with Crippen LogP contribution in [-0.2, 0) is 16.1 Å². The van der Waals surface area contributed by atoms with Crippen LogP contribution in [0.2, 0.25) is 0 Å². The molecular formula is C16H20ClNO2. The molecule has 1 saturated heterocycles. The van der Waals surface area contributed by atoms with Crippen LogP contribution in [0.3, 0.4) is 0 Å². The minimum atomic E-state index is -0.529. The number of hydrogen-bond acceptors (Lipinski definition) is 2. The van der Waals surface area contributed by atoms with E-state index in [0.717, 1.165) is 5.56 Å². The van der Waals surface area contributed by atoms with Crippen molar-refractivity contribution >= 4 is 17.5 Å². The summed E-state index contributed by atoms with van der Waals surface area (Å²) in [6, 6.07) is 9.69. The number of rotatable bonds is 6. The summed E-state index contributed by atoms with van der Waals surface area (Å²) in [6.45, 7) is 8.41. The molecular weight excluding hydrogens is 274 g/mol. The summed E-state index contributed by atoms with van der Waals surface area (Å²) in [7, 11) is 0. The number of nitrogens with zero attached hydrogens (tertiary/aromatic N) is 1. The summed E-state index contributed by atoms with van der Waals surface area (Å²) >= 11 is 6.40. The van der Waals surface area contributed by atoms with E-state index in [9.17, 15) is 4.79 Å². The lowest BCUT2D eigenvalue weighted by molar-refractivity contribution is -0.177. The van der Waals surface area contributed by atoms with Crippen LogP contribution in [0, 0.1) is 0 Å². The molecule has 2 atom stereocenters. The van der Waals surface area contributed by atoms with Crippen LogP contribution in [0.1, 0.15) is 19.4 Å². The number of amides is 1. The van der Waals surface area contributed by atoms with Gasteiger partial charge in [0.15, 0.2) is 6.10 Å². The summed E-state index contributed by atoms with van der Waals surface area (Å²) in [5, 5.41) is 0. The highest BCUT2D eigenvalue weighted by Gasteiger charge is 2.54. The monoisotopic (exact) mass is 293 g/mol. The van der Waals surface area contributed by atoms with E-state index in [1.54, 1.807) is 11.0 Å². The standard InChI is InChI=1S/C16H20ClNO2/c1-4-10-18-14(16(2,3)17)13(15(18)19)20-11-12-8-6-5-7-9-12/h4-9,13-14H,1,10-11H2,2-3H3/t13-,14-/m0/s1. The average molecular weight is 294 g/mol. The minimum Gasteiger partial charge on any atom is -0.361 e. The van der Waals surface area contributed by atoms with E-state index in [4.69, 9.17) is 16.3 Å². The van der Waals surface area contributed by atoms with Crippen molar-refractivity contribution in [1.82, 2.24) is 4.90 Å². The number of likely N-dealkylation sites (tertiary alicyclic amines) is 1. The van der Waals surface area contributed by atoms with Crippen molar-refractivity contribution in [2.24, 2.45) is 0 Å². The molecule has 0 unspecified atom stereocenters. The van der Waals surface area contributed by atoms with Crippen molar-refractivity contribution in [2.45, 2.75) is 37.5 Å². The highest BCUT2D eigenvalue weighted by Crippen LogP contribution is 2.35. The van der Waals surface area contributed by atoms with Crippen LogP contribution in [0.25, 0.3) is 0 Å². The van der Waals surface area contributed by atoms with Gasteiger partial charge in [-0.05, 0) is 19.4 Å². The van der Waals surface area contributed by atoms with Crippen LogP contribution < -0.4 is 0 Å². The molecule has 0 aliphatic carbocycles. The molecule has 2 rings (SSSR count). The Balaban J connectivity index is 2.03. The van der Waals surface area contributed by atoms with Gasteiger partial charge in [0.05, 0.1) is 17.5 Å². The Hall–Kier alpha value is -1.32. The number of halogens is 1. The number of benzene rings is 1. The van der Waals surface area contributed by atoms with E-state index in [1.165, 1.54) is 0 Å². The van der Waals surface area contributed by atoms with E-state index in [-0.39, 0.29) is 11.9 Å². The Morgan fingerprint density at radius 2 is 2.05 bits per heavy atom. The molecule has 3 nitrogen and oxygen atoms in total. The molecule has 0 spiro atoms. The van der Waals surface area contributed by atoms with Crippen molar-refractivity contribution in [1.29, 1.82) is 0 Å². The van der Waals surface area contributed by atoms with E-state index in [0.29, 0.717) is 13.2 Å². The molecule has 1 aromatic rings. The molecule has 4 heteroatoms. The first kappa shape index (κ1) is 15.1. The number of β-lactam (4-membered cyclic amide) rings is 1. The molecule has 0 radical (unpaired) electrons. The zero-order chi connectivity index (χ0) is 14.8. The number of ether oxygens (including phenoxy) is 1. The van der Waals surface area contributed by atoms with Gasteiger partial charge >= 0.3 is 0 Å².